The van der Waals surface area contributed by atoms with Crippen molar-refractivity contribution in [1.82, 2.24) is 0 Å². The molecule has 0 aromatic heterocycles. The maximum Gasteiger partial charge on any atom is 0.310 e. The van der Waals surface area contributed by atoms with Crippen LogP contribution in [0.25, 0.3) is 0 Å². The molecule has 0 amide bonds. The van der Waals surface area contributed by atoms with E-state index in [0.717, 1.165) is 19.3 Å². The predicted octanol–water partition coefficient (Wildman–Crippen LogP) is 2.02. The fourth-order valence-electron chi connectivity index (χ4n) is 4.85. The van der Waals surface area contributed by atoms with Crippen molar-refractivity contribution < 1.29 is 22.5 Å². The highest BCUT2D eigenvalue weighted by atomic mass is 32.2. The van der Waals surface area contributed by atoms with Gasteiger partial charge in [-0.2, -0.15) is 8.42 Å². The Morgan fingerprint density at radius 1 is 1.20 bits per heavy atom. The minimum absolute atomic E-state index is 0.348. The molecule has 0 saturated heterocycles. The van der Waals surface area contributed by atoms with Crippen molar-refractivity contribution in [2.45, 2.75) is 51.0 Å². The summed E-state index contributed by atoms with van der Waals surface area (Å²) in [4.78, 5) is 12.1. The molecule has 0 spiro atoms. The predicted molar refractivity (Wildman–Crippen MR) is 72.6 cm³/mol. The van der Waals surface area contributed by atoms with Gasteiger partial charge in [0.2, 0.25) is 0 Å². The van der Waals surface area contributed by atoms with Crippen LogP contribution in [0.2, 0.25) is 0 Å². The van der Waals surface area contributed by atoms with Crippen LogP contribution in [-0.4, -0.2) is 30.3 Å². The third-order valence-corrected chi connectivity index (χ3v) is 6.08. The Morgan fingerprint density at radius 3 is 2.05 bits per heavy atom. The average molecular weight is 302 g/mol. The van der Waals surface area contributed by atoms with Crippen LogP contribution in [-0.2, 0) is 19.6 Å². The zero-order valence-electron chi connectivity index (χ0n) is 11.7. The number of carbonyl (C=O) groups excluding carboxylic acids is 1. The molecule has 0 radical (unpaired) electrons. The molecule has 1 unspecified atom stereocenters. The summed E-state index contributed by atoms with van der Waals surface area (Å²) in [6, 6.07) is 0. The number of rotatable bonds is 4. The molecule has 1 N–H and O–H groups in total. The summed E-state index contributed by atoms with van der Waals surface area (Å²) in [6.07, 6.45) is 6.59. The molecule has 5 nitrogen and oxygen atoms in total. The van der Waals surface area contributed by atoms with E-state index < -0.39 is 27.8 Å². The Kier molecular flexibility index (Phi) is 3.36. The van der Waals surface area contributed by atoms with Gasteiger partial charge in [-0.1, -0.05) is 6.92 Å². The standard InChI is InChI=1S/C14H22O5S/c1-9(8-20(16,17)18)13(15)19-14-5-10-2-11(6-14)4-12(3-10)7-14/h9-12H,2-8H2,1H3,(H,16,17,18). The van der Waals surface area contributed by atoms with Gasteiger partial charge in [-0.15, -0.1) is 0 Å². The van der Waals surface area contributed by atoms with Crippen LogP contribution in [0.5, 0.6) is 0 Å². The minimum Gasteiger partial charge on any atom is -0.459 e. The van der Waals surface area contributed by atoms with Gasteiger partial charge in [-0.3, -0.25) is 9.35 Å². The molecule has 0 aromatic rings. The molecule has 0 heterocycles. The van der Waals surface area contributed by atoms with Gasteiger partial charge in [0.25, 0.3) is 10.1 Å². The van der Waals surface area contributed by atoms with Crippen molar-refractivity contribution in [1.29, 1.82) is 0 Å². The Morgan fingerprint density at radius 2 is 1.65 bits per heavy atom. The second kappa shape index (κ2) is 4.70. The largest absolute Gasteiger partial charge is 0.459 e. The summed E-state index contributed by atoms with van der Waals surface area (Å²) >= 11 is 0. The van der Waals surface area contributed by atoms with Crippen LogP contribution in [0.3, 0.4) is 0 Å². The third kappa shape index (κ3) is 2.86. The van der Waals surface area contributed by atoms with E-state index in [1.54, 1.807) is 0 Å². The molecular weight excluding hydrogens is 280 g/mol. The quantitative estimate of drug-likeness (QED) is 0.635. The number of hydrogen-bond donors (Lipinski definition) is 1. The number of hydrogen-bond acceptors (Lipinski definition) is 4. The van der Waals surface area contributed by atoms with Crippen molar-refractivity contribution in [2.24, 2.45) is 23.7 Å². The lowest BCUT2D eigenvalue weighted by molar-refractivity contribution is -0.189. The van der Waals surface area contributed by atoms with Gasteiger partial charge in [0.15, 0.2) is 0 Å². The summed E-state index contributed by atoms with van der Waals surface area (Å²) in [5.41, 5.74) is -0.348. The molecular formula is C14H22O5S. The smallest absolute Gasteiger partial charge is 0.310 e. The summed E-state index contributed by atoms with van der Waals surface area (Å²) in [5.74, 6) is 0.170. The lowest BCUT2D eigenvalue weighted by Crippen LogP contribution is -2.53. The molecule has 4 bridgehead atoms. The molecule has 6 heteroatoms. The van der Waals surface area contributed by atoms with E-state index in [1.165, 1.54) is 26.2 Å². The highest BCUT2D eigenvalue weighted by molar-refractivity contribution is 7.85. The normalized spacial score (nSPS) is 40.6. The maximum absolute atomic E-state index is 12.1. The van der Waals surface area contributed by atoms with Crippen molar-refractivity contribution >= 4 is 16.1 Å². The van der Waals surface area contributed by atoms with Gasteiger partial charge < -0.3 is 4.74 Å². The van der Waals surface area contributed by atoms with E-state index in [0.29, 0.717) is 17.8 Å². The van der Waals surface area contributed by atoms with E-state index >= 15 is 0 Å². The fraction of sp³-hybridized carbons (Fsp3) is 0.929. The highest BCUT2D eigenvalue weighted by Gasteiger charge is 2.53. The lowest BCUT2D eigenvalue weighted by atomic mass is 9.54. The lowest BCUT2D eigenvalue weighted by Gasteiger charge is -2.55. The maximum atomic E-state index is 12.1. The van der Waals surface area contributed by atoms with E-state index in [4.69, 9.17) is 9.29 Å². The molecule has 0 aromatic carbocycles. The van der Waals surface area contributed by atoms with E-state index in [9.17, 15) is 13.2 Å². The Hall–Kier alpha value is -0.620. The van der Waals surface area contributed by atoms with Crippen molar-refractivity contribution in [3.05, 3.63) is 0 Å². The molecule has 4 aliphatic rings. The van der Waals surface area contributed by atoms with Crippen LogP contribution in [0.4, 0.5) is 0 Å². The van der Waals surface area contributed by atoms with Gasteiger partial charge in [0, 0.05) is 0 Å². The molecule has 4 aliphatic carbocycles. The number of carbonyl (C=O) groups is 1. The summed E-state index contributed by atoms with van der Waals surface area (Å²) in [6.45, 7) is 1.50. The highest BCUT2D eigenvalue weighted by Crippen LogP contribution is 2.57. The summed E-state index contributed by atoms with van der Waals surface area (Å²) < 4.78 is 36.3. The Bertz CT molecular complexity index is 474. The summed E-state index contributed by atoms with van der Waals surface area (Å²) in [5, 5.41) is 0. The first-order chi connectivity index (χ1) is 9.25. The Balaban J connectivity index is 1.67. The van der Waals surface area contributed by atoms with Crippen LogP contribution in [0.1, 0.15) is 45.4 Å². The van der Waals surface area contributed by atoms with Gasteiger partial charge in [0.1, 0.15) is 5.60 Å². The first kappa shape index (κ1) is 14.3. The molecule has 4 rings (SSSR count). The van der Waals surface area contributed by atoms with E-state index in [1.807, 2.05) is 0 Å². The SMILES string of the molecule is CC(CS(=O)(=O)O)C(=O)OC12CC3CC(CC(C3)C1)C2. The first-order valence-corrected chi connectivity index (χ1v) is 9.04. The molecule has 114 valence electrons. The second-order valence-electron chi connectivity index (χ2n) is 7.17. The number of esters is 1. The molecule has 4 fully saturated rings. The fourth-order valence-corrected chi connectivity index (χ4v) is 5.62. The van der Waals surface area contributed by atoms with Crippen LogP contribution >= 0.6 is 0 Å². The van der Waals surface area contributed by atoms with Crippen molar-refractivity contribution in [2.75, 3.05) is 5.75 Å². The third-order valence-electron chi connectivity index (χ3n) is 5.16. The van der Waals surface area contributed by atoms with Crippen LogP contribution in [0.15, 0.2) is 0 Å². The number of ether oxygens (including phenoxy) is 1. The van der Waals surface area contributed by atoms with Gasteiger partial charge in [-0.05, 0) is 56.3 Å². The molecule has 0 aliphatic heterocycles. The van der Waals surface area contributed by atoms with Crippen LogP contribution in [0, 0.1) is 23.7 Å². The van der Waals surface area contributed by atoms with E-state index in [2.05, 4.69) is 0 Å². The van der Waals surface area contributed by atoms with Gasteiger partial charge in [0.05, 0.1) is 11.7 Å². The molecule has 4 saturated carbocycles. The van der Waals surface area contributed by atoms with Crippen LogP contribution < -0.4 is 0 Å². The van der Waals surface area contributed by atoms with Crippen molar-refractivity contribution in [3.63, 3.8) is 0 Å². The monoisotopic (exact) mass is 302 g/mol. The topological polar surface area (TPSA) is 80.7 Å². The zero-order chi connectivity index (χ0) is 14.5. The van der Waals surface area contributed by atoms with Gasteiger partial charge >= 0.3 is 5.97 Å². The first-order valence-electron chi connectivity index (χ1n) is 7.43. The molecule has 20 heavy (non-hydrogen) atoms. The average Bonchev–Trinajstić information content (AvgIpc) is 2.23. The summed E-state index contributed by atoms with van der Waals surface area (Å²) in [7, 11) is -4.14. The molecule has 1 atom stereocenters. The second-order valence-corrected chi connectivity index (χ2v) is 8.67. The van der Waals surface area contributed by atoms with E-state index in [-0.39, 0.29) is 5.60 Å². The Labute approximate surface area is 119 Å². The zero-order valence-corrected chi connectivity index (χ0v) is 12.6. The minimum atomic E-state index is -4.14. The van der Waals surface area contributed by atoms with Crippen molar-refractivity contribution in [3.8, 4) is 0 Å². The van der Waals surface area contributed by atoms with Gasteiger partial charge in [-0.25, -0.2) is 0 Å².